The maximum Gasteiger partial charge on any atom is 0.0609 e. The van der Waals surface area contributed by atoms with E-state index in [0.29, 0.717) is 0 Å². The molecule has 2 aliphatic rings. The van der Waals surface area contributed by atoms with Crippen LogP contribution < -0.4 is 0 Å². The second-order valence-electron chi connectivity index (χ2n) is 5.72. The summed E-state index contributed by atoms with van der Waals surface area (Å²) >= 11 is 0. The van der Waals surface area contributed by atoms with E-state index >= 15 is 0 Å². The molecule has 1 saturated heterocycles. The van der Waals surface area contributed by atoms with Crippen LogP contribution in [0.2, 0.25) is 0 Å². The van der Waals surface area contributed by atoms with E-state index in [-0.39, 0.29) is 11.5 Å². The average Bonchev–Trinajstić information content (AvgIpc) is 2.90. The molecule has 3 rings (SSSR count). The fraction of sp³-hybridized carbons (Fsp3) is 0.600. The number of benzene rings is 1. The van der Waals surface area contributed by atoms with Gasteiger partial charge in [0.25, 0.3) is 0 Å². The van der Waals surface area contributed by atoms with Crippen molar-refractivity contribution < 1.29 is 5.11 Å². The quantitative estimate of drug-likeness (QED) is 0.845. The van der Waals surface area contributed by atoms with Crippen molar-refractivity contribution in [2.45, 2.75) is 38.3 Å². The number of hydrogen-bond donors (Lipinski definition) is 1. The zero-order valence-electron chi connectivity index (χ0n) is 10.3. The topological polar surface area (TPSA) is 23.5 Å². The molecule has 1 saturated carbocycles. The van der Waals surface area contributed by atoms with Gasteiger partial charge in [-0.2, -0.15) is 0 Å². The first kappa shape index (κ1) is 11.2. The highest BCUT2D eigenvalue weighted by Gasteiger charge is 2.46. The number of hydrogen-bond acceptors (Lipinski definition) is 2. The summed E-state index contributed by atoms with van der Waals surface area (Å²) in [5.74, 6) is 0. The molecule has 1 spiro atoms. The molecule has 2 atom stereocenters. The molecule has 1 aliphatic carbocycles. The van der Waals surface area contributed by atoms with Crippen LogP contribution in [-0.2, 0) is 6.54 Å². The van der Waals surface area contributed by atoms with E-state index in [1.165, 1.54) is 24.8 Å². The van der Waals surface area contributed by atoms with Crippen LogP contribution in [0, 0.1) is 5.41 Å². The summed E-state index contributed by atoms with van der Waals surface area (Å²) < 4.78 is 0. The smallest absolute Gasteiger partial charge is 0.0609 e. The fourth-order valence-electron chi connectivity index (χ4n) is 3.56. The van der Waals surface area contributed by atoms with Gasteiger partial charge in [0, 0.05) is 18.5 Å². The van der Waals surface area contributed by atoms with Gasteiger partial charge in [0.05, 0.1) is 6.10 Å². The molecule has 0 aromatic heterocycles. The van der Waals surface area contributed by atoms with E-state index in [2.05, 4.69) is 35.2 Å². The lowest BCUT2D eigenvalue weighted by Crippen LogP contribution is -2.33. The first-order valence-electron chi connectivity index (χ1n) is 6.73. The van der Waals surface area contributed by atoms with Gasteiger partial charge < -0.3 is 5.11 Å². The summed E-state index contributed by atoms with van der Waals surface area (Å²) in [6.07, 6.45) is 4.57. The zero-order valence-corrected chi connectivity index (χ0v) is 10.3. The Bertz CT molecular complexity index is 378. The summed E-state index contributed by atoms with van der Waals surface area (Å²) in [5.41, 5.74) is 1.62. The minimum absolute atomic E-state index is 0.0525. The molecule has 2 fully saturated rings. The lowest BCUT2D eigenvalue weighted by atomic mass is 9.83. The van der Waals surface area contributed by atoms with E-state index in [1.54, 1.807) is 0 Å². The van der Waals surface area contributed by atoms with Gasteiger partial charge in [0.15, 0.2) is 0 Å². The number of aliphatic hydroxyl groups is 1. The number of nitrogens with zero attached hydrogens (tertiary/aromatic N) is 1. The lowest BCUT2D eigenvalue weighted by Gasteiger charge is -2.27. The molecule has 17 heavy (non-hydrogen) atoms. The highest BCUT2D eigenvalue weighted by Crippen LogP contribution is 2.45. The third kappa shape index (κ3) is 2.12. The zero-order chi connectivity index (χ0) is 11.7. The Morgan fingerprint density at radius 1 is 1.24 bits per heavy atom. The SMILES string of the molecule is OC1CCCC12CCN(Cc1ccccc1)C2. The predicted octanol–water partition coefficient (Wildman–Crippen LogP) is 2.42. The normalized spacial score (nSPS) is 33.6. The third-order valence-electron chi connectivity index (χ3n) is 4.57. The predicted molar refractivity (Wildman–Crippen MR) is 68.6 cm³/mol. The number of aliphatic hydroxyl groups excluding tert-OH is 1. The summed E-state index contributed by atoms with van der Waals surface area (Å²) in [5, 5.41) is 10.1. The molecule has 0 bridgehead atoms. The molecular formula is C15H21NO. The maximum atomic E-state index is 10.1. The lowest BCUT2D eigenvalue weighted by molar-refractivity contribution is 0.0578. The van der Waals surface area contributed by atoms with Crippen LogP contribution in [0.3, 0.4) is 0 Å². The summed E-state index contributed by atoms with van der Waals surface area (Å²) in [6.45, 7) is 3.27. The minimum Gasteiger partial charge on any atom is -0.392 e. The highest BCUT2D eigenvalue weighted by molar-refractivity contribution is 5.15. The van der Waals surface area contributed by atoms with Crippen LogP contribution in [0.25, 0.3) is 0 Å². The Labute approximate surface area is 103 Å². The average molecular weight is 231 g/mol. The highest BCUT2D eigenvalue weighted by atomic mass is 16.3. The second-order valence-corrected chi connectivity index (χ2v) is 5.72. The van der Waals surface area contributed by atoms with Crippen LogP contribution in [0.15, 0.2) is 30.3 Å². The summed E-state index contributed by atoms with van der Waals surface area (Å²) in [4.78, 5) is 2.50. The van der Waals surface area contributed by atoms with Crippen molar-refractivity contribution in [2.24, 2.45) is 5.41 Å². The van der Waals surface area contributed by atoms with Gasteiger partial charge >= 0.3 is 0 Å². The molecule has 0 radical (unpaired) electrons. The monoisotopic (exact) mass is 231 g/mol. The molecular weight excluding hydrogens is 210 g/mol. The van der Waals surface area contributed by atoms with Crippen molar-refractivity contribution in [2.75, 3.05) is 13.1 Å². The van der Waals surface area contributed by atoms with Gasteiger partial charge in [-0.1, -0.05) is 36.8 Å². The molecule has 1 aromatic rings. The van der Waals surface area contributed by atoms with Crippen LogP contribution in [0.1, 0.15) is 31.2 Å². The molecule has 2 heteroatoms. The van der Waals surface area contributed by atoms with Gasteiger partial charge in [-0.05, 0) is 31.4 Å². The minimum atomic E-state index is -0.0525. The molecule has 1 heterocycles. The van der Waals surface area contributed by atoms with E-state index in [0.717, 1.165) is 26.1 Å². The Kier molecular flexibility index (Phi) is 2.93. The van der Waals surface area contributed by atoms with Gasteiger partial charge in [0.1, 0.15) is 0 Å². The second kappa shape index (κ2) is 4.43. The van der Waals surface area contributed by atoms with Crippen LogP contribution in [0.4, 0.5) is 0 Å². The van der Waals surface area contributed by atoms with E-state index in [1.807, 2.05) is 0 Å². The summed E-state index contributed by atoms with van der Waals surface area (Å²) in [7, 11) is 0. The Balaban J connectivity index is 1.65. The Hall–Kier alpha value is -0.860. The van der Waals surface area contributed by atoms with Crippen LogP contribution in [-0.4, -0.2) is 29.2 Å². The number of rotatable bonds is 2. The van der Waals surface area contributed by atoms with E-state index < -0.39 is 0 Å². The molecule has 92 valence electrons. The van der Waals surface area contributed by atoms with Gasteiger partial charge in [-0.3, -0.25) is 4.90 Å². The molecule has 0 amide bonds. The van der Waals surface area contributed by atoms with Crippen LogP contribution >= 0.6 is 0 Å². The van der Waals surface area contributed by atoms with E-state index in [4.69, 9.17) is 0 Å². The van der Waals surface area contributed by atoms with Gasteiger partial charge in [-0.15, -0.1) is 0 Å². The first-order chi connectivity index (χ1) is 8.28. The fourth-order valence-corrected chi connectivity index (χ4v) is 3.56. The van der Waals surface area contributed by atoms with Crippen molar-refractivity contribution in [3.63, 3.8) is 0 Å². The molecule has 1 aromatic carbocycles. The summed E-state index contributed by atoms with van der Waals surface area (Å²) in [6, 6.07) is 10.7. The van der Waals surface area contributed by atoms with Crippen molar-refractivity contribution in [1.82, 2.24) is 4.90 Å². The standard InChI is InChI=1S/C15H21NO/c17-14-7-4-8-15(14)9-10-16(12-15)11-13-5-2-1-3-6-13/h1-3,5-6,14,17H,4,7-12H2. The van der Waals surface area contributed by atoms with Gasteiger partial charge in [0.2, 0.25) is 0 Å². The molecule has 1 aliphatic heterocycles. The van der Waals surface area contributed by atoms with Gasteiger partial charge in [-0.25, -0.2) is 0 Å². The van der Waals surface area contributed by atoms with Crippen molar-refractivity contribution >= 4 is 0 Å². The van der Waals surface area contributed by atoms with E-state index in [9.17, 15) is 5.11 Å². The first-order valence-corrected chi connectivity index (χ1v) is 6.73. The molecule has 1 N–H and O–H groups in total. The third-order valence-corrected chi connectivity index (χ3v) is 4.57. The number of likely N-dealkylation sites (tertiary alicyclic amines) is 1. The largest absolute Gasteiger partial charge is 0.392 e. The Morgan fingerprint density at radius 2 is 2.06 bits per heavy atom. The van der Waals surface area contributed by atoms with Crippen molar-refractivity contribution in [1.29, 1.82) is 0 Å². The molecule has 2 nitrogen and oxygen atoms in total. The van der Waals surface area contributed by atoms with Crippen LogP contribution in [0.5, 0.6) is 0 Å². The molecule has 2 unspecified atom stereocenters. The van der Waals surface area contributed by atoms with Crippen molar-refractivity contribution in [3.8, 4) is 0 Å². The maximum absolute atomic E-state index is 10.1. The Morgan fingerprint density at radius 3 is 2.76 bits per heavy atom. The van der Waals surface area contributed by atoms with Crippen molar-refractivity contribution in [3.05, 3.63) is 35.9 Å².